The van der Waals surface area contributed by atoms with Gasteiger partial charge in [-0.3, -0.25) is 4.98 Å². The van der Waals surface area contributed by atoms with Gasteiger partial charge in [0.05, 0.1) is 19.4 Å². The predicted molar refractivity (Wildman–Crippen MR) is 88.4 cm³/mol. The van der Waals surface area contributed by atoms with Gasteiger partial charge in [0.1, 0.15) is 0 Å². The summed E-state index contributed by atoms with van der Waals surface area (Å²) in [5.74, 6) is 0.302. The van der Waals surface area contributed by atoms with Gasteiger partial charge in [0.15, 0.2) is 16.9 Å². The Kier molecular flexibility index (Phi) is 4.28. The molecule has 118 valence electrons. The second-order valence-electron chi connectivity index (χ2n) is 4.85. The molecule has 3 aromatic rings. The molecule has 0 unspecified atom stereocenters. The second-order valence-corrected chi connectivity index (χ2v) is 4.85. The fourth-order valence-corrected chi connectivity index (χ4v) is 2.49. The molecule has 5 nitrogen and oxygen atoms in total. The molecular formula is C18H17NO4. The van der Waals surface area contributed by atoms with Gasteiger partial charge in [0.25, 0.3) is 0 Å². The minimum absolute atomic E-state index is 0.349. The van der Waals surface area contributed by atoms with Gasteiger partial charge in [0.2, 0.25) is 0 Å². The van der Waals surface area contributed by atoms with Crippen molar-refractivity contribution in [3.8, 4) is 5.75 Å². The van der Waals surface area contributed by atoms with E-state index in [0.29, 0.717) is 30.1 Å². The van der Waals surface area contributed by atoms with Crippen LogP contribution >= 0.6 is 0 Å². The predicted octanol–water partition coefficient (Wildman–Crippen LogP) is 3.96. The molecule has 0 bridgehead atoms. The topological polar surface area (TPSA) is 61.6 Å². The Bertz CT molecular complexity index is 879. The van der Waals surface area contributed by atoms with E-state index in [0.717, 1.165) is 16.3 Å². The molecule has 0 aliphatic rings. The fourth-order valence-electron chi connectivity index (χ4n) is 2.49. The number of carbonyl (C=O) groups is 1. The SMILES string of the molecule is CCOC(=O)/C=C/c1ccc(OCC)c2oc3cnccc3c12. The van der Waals surface area contributed by atoms with Crippen LogP contribution in [0, 0.1) is 0 Å². The molecule has 0 amide bonds. The van der Waals surface area contributed by atoms with Crippen molar-refractivity contribution >= 4 is 34.0 Å². The molecule has 0 fully saturated rings. The number of nitrogens with zero attached hydrogens (tertiary/aromatic N) is 1. The zero-order valence-corrected chi connectivity index (χ0v) is 13.0. The van der Waals surface area contributed by atoms with Crippen LogP contribution in [0.15, 0.2) is 41.1 Å². The lowest BCUT2D eigenvalue weighted by Gasteiger charge is -2.05. The number of carbonyl (C=O) groups excluding carboxylic acids is 1. The Morgan fingerprint density at radius 1 is 1.26 bits per heavy atom. The summed E-state index contributed by atoms with van der Waals surface area (Å²) in [5.41, 5.74) is 2.20. The highest BCUT2D eigenvalue weighted by Gasteiger charge is 2.14. The van der Waals surface area contributed by atoms with Crippen LogP contribution in [0.4, 0.5) is 0 Å². The third kappa shape index (κ3) is 2.90. The van der Waals surface area contributed by atoms with Crippen LogP contribution in [0.5, 0.6) is 5.75 Å². The molecule has 0 atom stereocenters. The van der Waals surface area contributed by atoms with Crippen molar-refractivity contribution in [1.29, 1.82) is 0 Å². The van der Waals surface area contributed by atoms with Crippen LogP contribution in [0.25, 0.3) is 28.0 Å². The lowest BCUT2D eigenvalue weighted by atomic mass is 10.1. The van der Waals surface area contributed by atoms with E-state index in [4.69, 9.17) is 13.9 Å². The van der Waals surface area contributed by atoms with E-state index in [9.17, 15) is 4.79 Å². The van der Waals surface area contributed by atoms with E-state index in [-0.39, 0.29) is 5.97 Å². The van der Waals surface area contributed by atoms with Crippen LogP contribution in [-0.4, -0.2) is 24.2 Å². The first-order valence-electron chi connectivity index (χ1n) is 7.51. The lowest BCUT2D eigenvalue weighted by Crippen LogP contribution is -1.98. The minimum Gasteiger partial charge on any atom is -0.490 e. The van der Waals surface area contributed by atoms with Crippen LogP contribution in [0.2, 0.25) is 0 Å². The number of aromatic nitrogens is 1. The summed E-state index contributed by atoms with van der Waals surface area (Å²) in [6.07, 6.45) is 6.53. The number of rotatable bonds is 5. The van der Waals surface area contributed by atoms with E-state index in [1.807, 2.05) is 25.1 Å². The van der Waals surface area contributed by atoms with Gasteiger partial charge in [-0.2, -0.15) is 0 Å². The molecule has 0 aliphatic carbocycles. The molecular weight excluding hydrogens is 294 g/mol. The van der Waals surface area contributed by atoms with Crippen LogP contribution in [-0.2, 0) is 9.53 Å². The fraction of sp³-hybridized carbons (Fsp3) is 0.222. The highest BCUT2D eigenvalue weighted by Crippen LogP contribution is 2.37. The standard InChI is InChI=1S/C18H17NO4/c1-3-21-14-7-5-12(6-8-16(20)22-4-2)17-13-9-10-19-11-15(13)23-18(14)17/h5-11H,3-4H2,1-2H3/b8-6+. The van der Waals surface area contributed by atoms with Crippen molar-refractivity contribution in [2.45, 2.75) is 13.8 Å². The molecule has 5 heteroatoms. The lowest BCUT2D eigenvalue weighted by molar-refractivity contribution is -0.137. The minimum atomic E-state index is -0.371. The molecule has 0 saturated heterocycles. The Morgan fingerprint density at radius 3 is 2.91 bits per heavy atom. The van der Waals surface area contributed by atoms with E-state index in [1.165, 1.54) is 6.08 Å². The van der Waals surface area contributed by atoms with Crippen molar-refractivity contribution in [3.05, 3.63) is 42.2 Å². The number of furan rings is 1. The number of fused-ring (bicyclic) bond motifs is 3. The number of ether oxygens (including phenoxy) is 2. The van der Waals surface area contributed by atoms with Gasteiger partial charge in [-0.1, -0.05) is 6.07 Å². The highest BCUT2D eigenvalue weighted by molar-refractivity contribution is 6.11. The van der Waals surface area contributed by atoms with Crippen molar-refractivity contribution < 1.29 is 18.7 Å². The average Bonchev–Trinajstić information content (AvgIpc) is 2.95. The van der Waals surface area contributed by atoms with Crippen LogP contribution < -0.4 is 4.74 Å². The quantitative estimate of drug-likeness (QED) is 0.527. The summed E-state index contributed by atoms with van der Waals surface area (Å²) >= 11 is 0. The van der Waals surface area contributed by atoms with Crippen molar-refractivity contribution in [1.82, 2.24) is 4.98 Å². The Balaban J connectivity index is 2.18. The van der Waals surface area contributed by atoms with E-state index in [2.05, 4.69) is 4.98 Å². The van der Waals surface area contributed by atoms with Gasteiger partial charge >= 0.3 is 5.97 Å². The molecule has 23 heavy (non-hydrogen) atoms. The number of pyridine rings is 1. The van der Waals surface area contributed by atoms with Crippen molar-refractivity contribution in [2.24, 2.45) is 0 Å². The summed E-state index contributed by atoms with van der Waals surface area (Å²) < 4.78 is 16.5. The Labute approximate surface area is 133 Å². The number of hydrogen-bond donors (Lipinski definition) is 0. The first kappa shape index (κ1) is 15.1. The number of hydrogen-bond acceptors (Lipinski definition) is 5. The normalized spacial score (nSPS) is 11.4. The molecule has 0 spiro atoms. The van der Waals surface area contributed by atoms with E-state index in [1.54, 1.807) is 25.4 Å². The Morgan fingerprint density at radius 2 is 2.13 bits per heavy atom. The molecule has 1 aromatic carbocycles. The monoisotopic (exact) mass is 311 g/mol. The molecule has 0 radical (unpaired) electrons. The Hall–Kier alpha value is -2.82. The van der Waals surface area contributed by atoms with E-state index >= 15 is 0 Å². The molecule has 2 heterocycles. The highest BCUT2D eigenvalue weighted by atomic mass is 16.5. The first-order chi connectivity index (χ1) is 11.2. The summed E-state index contributed by atoms with van der Waals surface area (Å²) in [6, 6.07) is 5.63. The molecule has 3 rings (SSSR count). The maximum Gasteiger partial charge on any atom is 0.330 e. The third-order valence-corrected chi connectivity index (χ3v) is 3.41. The summed E-state index contributed by atoms with van der Waals surface area (Å²) in [5, 5.41) is 1.83. The smallest absolute Gasteiger partial charge is 0.330 e. The van der Waals surface area contributed by atoms with Crippen molar-refractivity contribution in [3.63, 3.8) is 0 Å². The zero-order chi connectivity index (χ0) is 16.2. The van der Waals surface area contributed by atoms with Gasteiger partial charge in [-0.05, 0) is 37.6 Å². The maximum atomic E-state index is 11.6. The maximum absolute atomic E-state index is 11.6. The number of esters is 1. The van der Waals surface area contributed by atoms with Gasteiger partial charge in [0, 0.05) is 23.0 Å². The second kappa shape index (κ2) is 6.52. The molecule has 0 N–H and O–H groups in total. The largest absolute Gasteiger partial charge is 0.490 e. The van der Waals surface area contributed by atoms with Gasteiger partial charge in [-0.15, -0.1) is 0 Å². The molecule has 0 aliphatic heterocycles. The van der Waals surface area contributed by atoms with Gasteiger partial charge in [-0.25, -0.2) is 4.79 Å². The molecule has 0 saturated carbocycles. The zero-order valence-electron chi connectivity index (χ0n) is 13.0. The summed E-state index contributed by atoms with van der Waals surface area (Å²) in [6.45, 7) is 4.59. The molecule has 2 aromatic heterocycles. The van der Waals surface area contributed by atoms with Crippen molar-refractivity contribution in [2.75, 3.05) is 13.2 Å². The summed E-state index contributed by atoms with van der Waals surface area (Å²) in [4.78, 5) is 15.6. The van der Waals surface area contributed by atoms with Gasteiger partial charge < -0.3 is 13.9 Å². The third-order valence-electron chi connectivity index (χ3n) is 3.41. The van der Waals surface area contributed by atoms with Crippen LogP contribution in [0.1, 0.15) is 19.4 Å². The number of benzene rings is 1. The average molecular weight is 311 g/mol. The van der Waals surface area contributed by atoms with E-state index < -0.39 is 0 Å². The summed E-state index contributed by atoms with van der Waals surface area (Å²) in [7, 11) is 0. The van der Waals surface area contributed by atoms with Crippen LogP contribution in [0.3, 0.4) is 0 Å². The first-order valence-corrected chi connectivity index (χ1v) is 7.51.